The number of esters is 1. The van der Waals surface area contributed by atoms with Crippen LogP contribution in [-0.2, 0) is 4.74 Å². The minimum Gasteiger partial charge on any atom is -0.494 e. The zero-order chi connectivity index (χ0) is 20.3. The molecule has 3 rings (SSSR count). The smallest absolute Gasteiger partial charge is 0.340 e. The first kappa shape index (κ1) is 20.2. The summed E-state index contributed by atoms with van der Waals surface area (Å²) in [6.45, 7) is 6.73. The van der Waals surface area contributed by atoms with E-state index in [1.807, 2.05) is 57.2 Å². The molecule has 28 heavy (non-hydrogen) atoms. The van der Waals surface area contributed by atoms with Crippen molar-refractivity contribution in [1.82, 2.24) is 4.98 Å². The third-order valence-corrected chi connectivity index (χ3v) is 4.48. The van der Waals surface area contributed by atoms with Crippen LogP contribution in [0.2, 0.25) is 5.02 Å². The summed E-state index contributed by atoms with van der Waals surface area (Å²) in [6.07, 6.45) is 2.47. The number of fused-ring (bicyclic) bond motifs is 1. The van der Waals surface area contributed by atoms with Crippen LogP contribution in [0.5, 0.6) is 5.75 Å². The number of rotatable bonds is 6. The second-order valence-electron chi connectivity index (χ2n) is 7.60. The first-order valence-corrected chi connectivity index (χ1v) is 9.63. The average molecular weight is 401 g/mol. The van der Waals surface area contributed by atoms with Crippen LogP contribution < -0.4 is 10.5 Å². The molecule has 0 aliphatic rings. The number of carbonyl (C=O) groups is 1. The Morgan fingerprint density at radius 3 is 2.54 bits per heavy atom. The van der Waals surface area contributed by atoms with Gasteiger partial charge in [0.1, 0.15) is 11.4 Å². The number of hydrogen-bond donors (Lipinski definition) is 2. The molecule has 0 radical (unpaired) electrons. The second-order valence-corrected chi connectivity index (χ2v) is 8.00. The second kappa shape index (κ2) is 8.25. The number of benzene rings is 2. The summed E-state index contributed by atoms with van der Waals surface area (Å²) in [4.78, 5) is 15.6. The molecular formula is C22H25ClN2O3. The maximum Gasteiger partial charge on any atom is 0.340 e. The highest BCUT2D eigenvalue weighted by Gasteiger charge is 2.21. The quantitative estimate of drug-likeness (QED) is 0.442. The van der Waals surface area contributed by atoms with Gasteiger partial charge in [-0.3, -0.25) is 0 Å². The van der Waals surface area contributed by atoms with Gasteiger partial charge in [0.15, 0.2) is 0 Å². The number of carbonyl (C=O) groups excluding carboxylic acids is 1. The molecule has 0 amide bonds. The van der Waals surface area contributed by atoms with Crippen molar-refractivity contribution in [3.8, 4) is 16.9 Å². The van der Waals surface area contributed by atoms with Gasteiger partial charge in [0.05, 0.1) is 17.2 Å². The first-order valence-electron chi connectivity index (χ1n) is 9.26. The molecule has 0 fully saturated rings. The van der Waals surface area contributed by atoms with E-state index in [0.717, 1.165) is 34.2 Å². The van der Waals surface area contributed by atoms with Crippen LogP contribution in [0.1, 0.15) is 37.6 Å². The average Bonchev–Trinajstić information content (AvgIpc) is 3.03. The van der Waals surface area contributed by atoms with Crippen LogP contribution in [0.25, 0.3) is 22.0 Å². The molecular weight excluding hydrogens is 376 g/mol. The van der Waals surface area contributed by atoms with E-state index < -0.39 is 5.60 Å². The van der Waals surface area contributed by atoms with Crippen molar-refractivity contribution in [2.24, 2.45) is 5.73 Å². The van der Waals surface area contributed by atoms with Crippen molar-refractivity contribution in [3.05, 3.63) is 53.2 Å². The molecule has 5 nitrogen and oxygen atoms in total. The van der Waals surface area contributed by atoms with E-state index >= 15 is 0 Å². The van der Waals surface area contributed by atoms with E-state index in [1.165, 1.54) is 0 Å². The van der Waals surface area contributed by atoms with Gasteiger partial charge in [-0.2, -0.15) is 0 Å². The van der Waals surface area contributed by atoms with Crippen LogP contribution in [0, 0.1) is 0 Å². The number of nitrogens with two attached hydrogens (primary N) is 1. The van der Waals surface area contributed by atoms with Gasteiger partial charge in [0.2, 0.25) is 0 Å². The van der Waals surface area contributed by atoms with Crippen molar-refractivity contribution in [2.75, 3.05) is 13.2 Å². The molecule has 148 valence electrons. The Hall–Kier alpha value is -2.50. The fourth-order valence-corrected chi connectivity index (χ4v) is 3.14. The summed E-state index contributed by atoms with van der Waals surface area (Å²) < 4.78 is 11.2. The van der Waals surface area contributed by atoms with E-state index in [1.54, 1.807) is 6.20 Å². The van der Waals surface area contributed by atoms with Crippen LogP contribution >= 0.6 is 11.6 Å². The van der Waals surface area contributed by atoms with Crippen molar-refractivity contribution in [2.45, 2.75) is 32.8 Å². The maximum atomic E-state index is 12.5. The third-order valence-electron chi connectivity index (χ3n) is 4.17. The molecule has 1 aromatic heterocycles. The number of nitrogens with one attached hydrogen (secondary N) is 1. The minimum absolute atomic E-state index is 0.365. The third kappa shape index (κ3) is 4.66. The SMILES string of the molecule is CC(C)(C)OC(=O)c1c[nH]c2cc(Cl)c(-c3ccc(OCCCN)cc3)cc12. The number of aromatic amines is 1. The molecule has 3 aromatic rings. The molecule has 0 bridgehead atoms. The number of hydrogen-bond acceptors (Lipinski definition) is 4. The Bertz CT molecular complexity index is 972. The summed E-state index contributed by atoms with van der Waals surface area (Å²) >= 11 is 6.49. The minimum atomic E-state index is -0.560. The Balaban J connectivity index is 1.92. The van der Waals surface area contributed by atoms with Crippen molar-refractivity contribution < 1.29 is 14.3 Å². The van der Waals surface area contributed by atoms with Crippen LogP contribution in [-0.4, -0.2) is 29.7 Å². The molecule has 0 unspecified atom stereocenters. The lowest BCUT2D eigenvalue weighted by Crippen LogP contribution is -2.23. The Morgan fingerprint density at radius 2 is 1.89 bits per heavy atom. The number of ether oxygens (including phenoxy) is 2. The molecule has 2 aromatic carbocycles. The van der Waals surface area contributed by atoms with E-state index in [0.29, 0.717) is 23.7 Å². The van der Waals surface area contributed by atoms with Gasteiger partial charge in [0, 0.05) is 22.7 Å². The van der Waals surface area contributed by atoms with Gasteiger partial charge in [-0.1, -0.05) is 23.7 Å². The van der Waals surface area contributed by atoms with Gasteiger partial charge in [0.25, 0.3) is 0 Å². The number of H-pyrrole nitrogens is 1. The van der Waals surface area contributed by atoms with Gasteiger partial charge in [-0.15, -0.1) is 0 Å². The molecule has 0 aliphatic heterocycles. The lowest BCUT2D eigenvalue weighted by Gasteiger charge is -2.19. The van der Waals surface area contributed by atoms with E-state index in [9.17, 15) is 4.79 Å². The number of halogens is 1. The summed E-state index contributed by atoms with van der Waals surface area (Å²) in [7, 11) is 0. The highest BCUT2D eigenvalue weighted by atomic mass is 35.5. The number of aromatic nitrogens is 1. The van der Waals surface area contributed by atoms with Gasteiger partial charge in [-0.25, -0.2) is 4.79 Å². The van der Waals surface area contributed by atoms with E-state index in [4.69, 9.17) is 26.8 Å². The topological polar surface area (TPSA) is 77.3 Å². The molecule has 0 aliphatic carbocycles. The molecule has 0 saturated carbocycles. The fourth-order valence-electron chi connectivity index (χ4n) is 2.87. The lowest BCUT2D eigenvalue weighted by atomic mass is 10.0. The Morgan fingerprint density at radius 1 is 1.18 bits per heavy atom. The maximum absolute atomic E-state index is 12.5. The molecule has 1 heterocycles. The zero-order valence-electron chi connectivity index (χ0n) is 16.3. The lowest BCUT2D eigenvalue weighted by molar-refractivity contribution is 0.00719. The van der Waals surface area contributed by atoms with Crippen molar-refractivity contribution >= 4 is 28.5 Å². The zero-order valence-corrected chi connectivity index (χ0v) is 17.1. The molecule has 0 saturated heterocycles. The van der Waals surface area contributed by atoms with Crippen LogP contribution in [0.3, 0.4) is 0 Å². The highest BCUT2D eigenvalue weighted by molar-refractivity contribution is 6.34. The van der Waals surface area contributed by atoms with Crippen molar-refractivity contribution in [3.63, 3.8) is 0 Å². The van der Waals surface area contributed by atoms with Crippen molar-refractivity contribution in [1.29, 1.82) is 0 Å². The van der Waals surface area contributed by atoms with E-state index in [-0.39, 0.29) is 5.97 Å². The van der Waals surface area contributed by atoms with Gasteiger partial charge < -0.3 is 20.2 Å². The predicted molar refractivity (Wildman–Crippen MR) is 113 cm³/mol. The molecule has 6 heteroatoms. The normalized spacial score (nSPS) is 11.6. The Kier molecular flexibility index (Phi) is 5.96. The predicted octanol–water partition coefficient (Wildman–Crippen LogP) is 5.17. The summed E-state index contributed by atoms with van der Waals surface area (Å²) in [5.41, 5.74) is 7.98. The monoisotopic (exact) mass is 400 g/mol. The summed E-state index contributed by atoms with van der Waals surface area (Å²) in [6, 6.07) is 11.4. The Labute approximate surface area is 169 Å². The highest BCUT2D eigenvalue weighted by Crippen LogP contribution is 2.34. The molecule has 0 spiro atoms. The standard InChI is InChI=1S/C22H25ClN2O3/c1-22(2,3)28-21(26)18-13-25-20-12-19(23)16(11-17(18)20)14-5-7-15(8-6-14)27-10-4-9-24/h5-8,11-13,25H,4,9-10,24H2,1-3H3. The summed E-state index contributed by atoms with van der Waals surface area (Å²) in [5, 5.41) is 1.37. The van der Waals surface area contributed by atoms with Gasteiger partial charge in [-0.05, 0) is 63.6 Å². The molecule has 0 atom stereocenters. The van der Waals surface area contributed by atoms with Crippen LogP contribution in [0.15, 0.2) is 42.6 Å². The van der Waals surface area contributed by atoms with Gasteiger partial charge >= 0.3 is 5.97 Å². The largest absolute Gasteiger partial charge is 0.494 e. The first-order chi connectivity index (χ1) is 13.3. The summed E-state index contributed by atoms with van der Waals surface area (Å²) in [5.74, 6) is 0.418. The van der Waals surface area contributed by atoms with Crippen LogP contribution in [0.4, 0.5) is 0 Å². The molecule has 3 N–H and O–H groups in total. The fraction of sp³-hybridized carbons (Fsp3) is 0.318. The van der Waals surface area contributed by atoms with E-state index in [2.05, 4.69) is 4.98 Å².